The molecule has 0 aliphatic heterocycles. The normalized spacial score (nSPS) is 10.9. The van der Waals surface area contributed by atoms with Crippen molar-refractivity contribution in [3.8, 4) is 0 Å². The van der Waals surface area contributed by atoms with E-state index in [-0.39, 0.29) is 0 Å². The number of nitrogens with zero attached hydrogens (tertiary/aromatic N) is 1. The SMILES string of the molecule is NCCOCCN(O)Cc1ccccc1. The van der Waals surface area contributed by atoms with Crippen LogP contribution >= 0.6 is 0 Å². The van der Waals surface area contributed by atoms with Crippen molar-refractivity contribution in [3.63, 3.8) is 0 Å². The van der Waals surface area contributed by atoms with E-state index in [0.717, 1.165) is 5.56 Å². The fraction of sp³-hybridized carbons (Fsp3) is 0.455. The van der Waals surface area contributed by atoms with Crippen LogP contribution in [0.25, 0.3) is 0 Å². The molecule has 4 heteroatoms. The molecule has 15 heavy (non-hydrogen) atoms. The fourth-order valence-corrected chi connectivity index (χ4v) is 1.23. The third-order valence-corrected chi connectivity index (χ3v) is 1.96. The highest BCUT2D eigenvalue weighted by Gasteiger charge is 2.00. The van der Waals surface area contributed by atoms with E-state index < -0.39 is 0 Å². The first-order valence-electron chi connectivity index (χ1n) is 5.08. The molecule has 0 fully saturated rings. The fourth-order valence-electron chi connectivity index (χ4n) is 1.23. The van der Waals surface area contributed by atoms with E-state index >= 15 is 0 Å². The Morgan fingerprint density at radius 2 is 1.93 bits per heavy atom. The summed E-state index contributed by atoms with van der Waals surface area (Å²) in [5.41, 5.74) is 6.35. The lowest BCUT2D eigenvalue weighted by molar-refractivity contribution is -0.111. The highest BCUT2D eigenvalue weighted by molar-refractivity contribution is 5.13. The summed E-state index contributed by atoms with van der Waals surface area (Å²) in [5.74, 6) is 0. The van der Waals surface area contributed by atoms with Crippen LogP contribution in [0.2, 0.25) is 0 Å². The number of ether oxygens (including phenoxy) is 1. The minimum Gasteiger partial charge on any atom is -0.379 e. The molecule has 0 aliphatic rings. The van der Waals surface area contributed by atoms with Gasteiger partial charge in [-0.3, -0.25) is 0 Å². The monoisotopic (exact) mass is 210 g/mol. The van der Waals surface area contributed by atoms with Gasteiger partial charge in [0.2, 0.25) is 0 Å². The Labute approximate surface area is 90.2 Å². The largest absolute Gasteiger partial charge is 0.379 e. The zero-order valence-corrected chi connectivity index (χ0v) is 8.80. The molecule has 0 aliphatic carbocycles. The lowest BCUT2D eigenvalue weighted by Gasteiger charge is -2.14. The zero-order chi connectivity index (χ0) is 10.9. The van der Waals surface area contributed by atoms with Gasteiger partial charge in [0, 0.05) is 19.6 Å². The van der Waals surface area contributed by atoms with E-state index in [4.69, 9.17) is 10.5 Å². The number of hydrogen-bond donors (Lipinski definition) is 2. The summed E-state index contributed by atoms with van der Waals surface area (Å²) in [5, 5.41) is 10.8. The van der Waals surface area contributed by atoms with Crippen LogP contribution < -0.4 is 5.73 Å². The molecule has 0 unspecified atom stereocenters. The van der Waals surface area contributed by atoms with Crippen molar-refractivity contribution in [2.24, 2.45) is 5.73 Å². The minimum absolute atomic E-state index is 0.495. The van der Waals surface area contributed by atoms with Crippen LogP contribution in [0.1, 0.15) is 5.56 Å². The first-order valence-corrected chi connectivity index (χ1v) is 5.08. The molecular formula is C11H18N2O2. The van der Waals surface area contributed by atoms with Crippen molar-refractivity contribution in [1.29, 1.82) is 0 Å². The van der Waals surface area contributed by atoms with Gasteiger partial charge >= 0.3 is 0 Å². The van der Waals surface area contributed by atoms with Crippen LogP contribution in [-0.2, 0) is 11.3 Å². The lowest BCUT2D eigenvalue weighted by Crippen LogP contribution is -2.24. The number of hydroxylamine groups is 2. The summed E-state index contributed by atoms with van der Waals surface area (Å²) in [6.07, 6.45) is 0. The first-order chi connectivity index (χ1) is 7.33. The van der Waals surface area contributed by atoms with E-state index in [1.165, 1.54) is 5.06 Å². The van der Waals surface area contributed by atoms with Gasteiger partial charge in [-0.15, -0.1) is 0 Å². The van der Waals surface area contributed by atoms with Gasteiger partial charge in [-0.05, 0) is 5.56 Å². The van der Waals surface area contributed by atoms with E-state index in [1.54, 1.807) is 0 Å². The average molecular weight is 210 g/mol. The van der Waals surface area contributed by atoms with Gasteiger partial charge in [-0.2, -0.15) is 5.06 Å². The highest BCUT2D eigenvalue weighted by atomic mass is 16.5. The molecule has 0 saturated heterocycles. The first kappa shape index (κ1) is 12.1. The number of benzene rings is 1. The van der Waals surface area contributed by atoms with Crippen molar-refractivity contribution in [3.05, 3.63) is 35.9 Å². The maximum Gasteiger partial charge on any atom is 0.0617 e. The number of rotatable bonds is 7. The molecule has 1 rings (SSSR count). The summed E-state index contributed by atoms with van der Waals surface area (Å²) in [6, 6.07) is 9.81. The molecule has 1 aromatic rings. The van der Waals surface area contributed by atoms with Crippen molar-refractivity contribution in [2.75, 3.05) is 26.3 Å². The van der Waals surface area contributed by atoms with Gasteiger partial charge in [0.05, 0.1) is 13.2 Å². The Kier molecular flexibility index (Phi) is 5.96. The number of nitrogens with two attached hydrogens (primary N) is 1. The van der Waals surface area contributed by atoms with E-state index in [1.807, 2.05) is 30.3 Å². The molecule has 0 spiro atoms. The summed E-state index contributed by atoms with van der Waals surface area (Å²) < 4.78 is 5.16. The van der Waals surface area contributed by atoms with Gasteiger partial charge in [-0.25, -0.2) is 0 Å². The molecule has 0 heterocycles. The van der Waals surface area contributed by atoms with Gasteiger partial charge in [0.1, 0.15) is 0 Å². The second-order valence-corrected chi connectivity index (χ2v) is 3.27. The second kappa shape index (κ2) is 7.36. The Hall–Kier alpha value is -0.940. The summed E-state index contributed by atoms with van der Waals surface area (Å²) in [7, 11) is 0. The molecule has 3 N–H and O–H groups in total. The van der Waals surface area contributed by atoms with Crippen molar-refractivity contribution in [2.45, 2.75) is 6.54 Å². The molecule has 0 saturated carbocycles. The molecule has 0 atom stereocenters. The summed E-state index contributed by atoms with van der Waals surface area (Å²) >= 11 is 0. The van der Waals surface area contributed by atoms with Crippen molar-refractivity contribution < 1.29 is 9.94 Å². The maximum absolute atomic E-state index is 9.52. The lowest BCUT2D eigenvalue weighted by atomic mass is 10.2. The molecular weight excluding hydrogens is 192 g/mol. The second-order valence-electron chi connectivity index (χ2n) is 3.27. The van der Waals surface area contributed by atoms with Crippen molar-refractivity contribution in [1.82, 2.24) is 5.06 Å². The van der Waals surface area contributed by atoms with Crippen LogP contribution in [0.4, 0.5) is 0 Å². The molecule has 0 radical (unpaired) electrons. The molecule has 4 nitrogen and oxygen atoms in total. The quantitative estimate of drug-likeness (QED) is 0.517. The maximum atomic E-state index is 9.52. The molecule has 0 aromatic heterocycles. The standard InChI is InChI=1S/C11H18N2O2/c12-6-8-15-9-7-13(14)10-11-4-2-1-3-5-11/h1-5,14H,6-10,12H2. The van der Waals surface area contributed by atoms with Crippen LogP contribution in [0.15, 0.2) is 30.3 Å². The Balaban J connectivity index is 2.16. The summed E-state index contributed by atoms with van der Waals surface area (Å²) in [6.45, 7) is 2.57. The molecule has 84 valence electrons. The van der Waals surface area contributed by atoms with Gasteiger partial charge in [0.15, 0.2) is 0 Å². The van der Waals surface area contributed by atoms with E-state index in [0.29, 0.717) is 32.8 Å². The van der Waals surface area contributed by atoms with E-state index in [9.17, 15) is 5.21 Å². The van der Waals surface area contributed by atoms with Crippen LogP contribution in [-0.4, -0.2) is 36.6 Å². The predicted octanol–water partition coefficient (Wildman–Crippen LogP) is 0.853. The molecule has 0 amide bonds. The zero-order valence-electron chi connectivity index (χ0n) is 8.80. The Morgan fingerprint density at radius 3 is 2.60 bits per heavy atom. The van der Waals surface area contributed by atoms with Crippen LogP contribution in [0.3, 0.4) is 0 Å². The Morgan fingerprint density at radius 1 is 1.20 bits per heavy atom. The predicted molar refractivity (Wildman–Crippen MR) is 58.5 cm³/mol. The Bertz CT molecular complexity index is 254. The van der Waals surface area contributed by atoms with Crippen LogP contribution in [0, 0.1) is 0 Å². The highest BCUT2D eigenvalue weighted by Crippen LogP contribution is 2.01. The van der Waals surface area contributed by atoms with Crippen molar-refractivity contribution >= 4 is 0 Å². The topological polar surface area (TPSA) is 58.7 Å². The number of hydrogen-bond acceptors (Lipinski definition) is 4. The van der Waals surface area contributed by atoms with Gasteiger partial charge in [0.25, 0.3) is 0 Å². The smallest absolute Gasteiger partial charge is 0.0617 e. The van der Waals surface area contributed by atoms with Gasteiger partial charge < -0.3 is 15.7 Å². The minimum atomic E-state index is 0.495. The van der Waals surface area contributed by atoms with Gasteiger partial charge in [-0.1, -0.05) is 30.3 Å². The third-order valence-electron chi connectivity index (χ3n) is 1.96. The molecule has 0 bridgehead atoms. The van der Waals surface area contributed by atoms with Crippen LogP contribution in [0.5, 0.6) is 0 Å². The van der Waals surface area contributed by atoms with E-state index in [2.05, 4.69) is 0 Å². The molecule has 1 aromatic carbocycles. The third kappa shape index (κ3) is 5.49. The summed E-state index contributed by atoms with van der Waals surface area (Å²) in [4.78, 5) is 0. The average Bonchev–Trinajstić information content (AvgIpc) is 2.26.